The van der Waals surface area contributed by atoms with Crippen LogP contribution in [0.4, 0.5) is 5.69 Å². The van der Waals surface area contributed by atoms with E-state index in [9.17, 15) is 9.59 Å². The molecule has 1 atom stereocenters. The second-order valence-corrected chi connectivity index (χ2v) is 8.08. The Kier molecular flexibility index (Phi) is 8.52. The summed E-state index contributed by atoms with van der Waals surface area (Å²) in [5, 5.41) is 3.91. The summed E-state index contributed by atoms with van der Waals surface area (Å²) in [5.41, 5.74) is 2.99. The summed E-state index contributed by atoms with van der Waals surface area (Å²) in [5.74, 6) is -0.391. The molecule has 0 spiro atoms. The molecule has 0 saturated carbocycles. The zero-order valence-corrected chi connectivity index (χ0v) is 19.7. The van der Waals surface area contributed by atoms with E-state index in [0.717, 1.165) is 16.7 Å². The number of amides is 1. The van der Waals surface area contributed by atoms with Gasteiger partial charge in [0, 0.05) is 27.4 Å². The fourth-order valence-electron chi connectivity index (χ4n) is 2.86. The first-order valence-corrected chi connectivity index (χ1v) is 11.0. The van der Waals surface area contributed by atoms with Gasteiger partial charge in [0.1, 0.15) is 12.4 Å². The van der Waals surface area contributed by atoms with Crippen molar-refractivity contribution in [3.63, 3.8) is 0 Å². The number of carbonyl (C=O) groups is 2. The number of carbonyl (C=O) groups excluding carboxylic acids is 2. The van der Waals surface area contributed by atoms with E-state index < -0.39 is 18.0 Å². The molecule has 1 amide bonds. The number of hydrogen-bond acceptors (Lipinski definition) is 4. The molecule has 5 nitrogen and oxygen atoms in total. The van der Waals surface area contributed by atoms with E-state index in [1.807, 2.05) is 36.4 Å². The summed E-state index contributed by atoms with van der Waals surface area (Å²) in [4.78, 5) is 24.4. The van der Waals surface area contributed by atoms with Crippen molar-refractivity contribution in [1.82, 2.24) is 0 Å². The smallest absolute Gasteiger partial charge is 0.331 e. The van der Waals surface area contributed by atoms with Crippen LogP contribution in [-0.4, -0.2) is 18.0 Å². The summed E-state index contributed by atoms with van der Waals surface area (Å²) in [6.45, 7) is 3.66. The van der Waals surface area contributed by atoms with Crippen molar-refractivity contribution >= 4 is 46.8 Å². The van der Waals surface area contributed by atoms with Crippen LogP contribution in [0.15, 0.2) is 72.8 Å². The minimum absolute atomic E-state index is 0.357. The normalized spacial score (nSPS) is 11.8. The number of halogens is 2. The van der Waals surface area contributed by atoms with E-state index in [4.69, 9.17) is 32.7 Å². The van der Waals surface area contributed by atoms with Crippen LogP contribution >= 0.6 is 23.2 Å². The van der Waals surface area contributed by atoms with Gasteiger partial charge in [-0.2, -0.15) is 0 Å². The van der Waals surface area contributed by atoms with Crippen LogP contribution in [-0.2, 0) is 20.9 Å². The molecule has 0 aliphatic rings. The molecule has 0 radical (unpaired) electrons. The standard InChI is InChI=1S/C26H23Cl2NO4/c1-17-22(27)8-5-9-24(17)29-26(31)18(2)33-25(30)15-12-19-10-13-21(14-11-19)32-16-20-6-3-4-7-23(20)28/h3-15,18H,16H2,1-2H3,(H,29,31). The maximum atomic E-state index is 12.3. The van der Waals surface area contributed by atoms with Crippen LogP contribution in [0, 0.1) is 6.92 Å². The van der Waals surface area contributed by atoms with E-state index in [2.05, 4.69) is 5.32 Å². The van der Waals surface area contributed by atoms with Gasteiger partial charge >= 0.3 is 5.97 Å². The Hall–Kier alpha value is -3.28. The number of benzene rings is 3. The Morgan fingerprint density at radius 3 is 2.39 bits per heavy atom. The molecule has 1 N–H and O–H groups in total. The Morgan fingerprint density at radius 2 is 1.67 bits per heavy atom. The largest absolute Gasteiger partial charge is 0.489 e. The van der Waals surface area contributed by atoms with E-state index >= 15 is 0 Å². The van der Waals surface area contributed by atoms with Gasteiger partial charge in [-0.3, -0.25) is 4.79 Å². The van der Waals surface area contributed by atoms with Crippen LogP contribution in [0.1, 0.15) is 23.6 Å². The Morgan fingerprint density at radius 1 is 0.970 bits per heavy atom. The number of rotatable bonds is 8. The molecule has 170 valence electrons. The van der Waals surface area contributed by atoms with Crippen molar-refractivity contribution in [2.45, 2.75) is 26.6 Å². The average molecular weight is 484 g/mol. The van der Waals surface area contributed by atoms with Crippen LogP contribution in [0.25, 0.3) is 6.08 Å². The predicted molar refractivity (Wildman–Crippen MR) is 132 cm³/mol. The first-order valence-electron chi connectivity index (χ1n) is 10.2. The van der Waals surface area contributed by atoms with Crippen LogP contribution in [0.2, 0.25) is 10.0 Å². The third-order valence-electron chi connectivity index (χ3n) is 4.83. The molecule has 0 fully saturated rings. The molecule has 0 aromatic heterocycles. The van der Waals surface area contributed by atoms with Crippen LogP contribution in [0.3, 0.4) is 0 Å². The molecule has 7 heteroatoms. The van der Waals surface area contributed by atoms with Gasteiger partial charge in [0.05, 0.1) is 0 Å². The third kappa shape index (κ3) is 7.11. The van der Waals surface area contributed by atoms with E-state index in [0.29, 0.717) is 28.1 Å². The second-order valence-electron chi connectivity index (χ2n) is 7.26. The molecule has 0 aliphatic heterocycles. The number of esters is 1. The summed E-state index contributed by atoms with van der Waals surface area (Å²) in [6, 6.07) is 19.9. The number of nitrogens with one attached hydrogen (secondary N) is 1. The Labute approximate surface area is 202 Å². The van der Waals surface area contributed by atoms with Gasteiger partial charge in [-0.1, -0.05) is 59.6 Å². The average Bonchev–Trinajstić information content (AvgIpc) is 2.81. The van der Waals surface area contributed by atoms with Crippen molar-refractivity contribution in [2.75, 3.05) is 5.32 Å². The monoisotopic (exact) mass is 483 g/mol. The maximum Gasteiger partial charge on any atom is 0.331 e. The van der Waals surface area contributed by atoms with Crippen LogP contribution in [0.5, 0.6) is 5.75 Å². The van der Waals surface area contributed by atoms with Gasteiger partial charge in [0.2, 0.25) is 0 Å². The zero-order valence-electron chi connectivity index (χ0n) is 18.2. The molecule has 33 heavy (non-hydrogen) atoms. The molecule has 0 saturated heterocycles. The van der Waals surface area contributed by atoms with Gasteiger partial charge in [-0.15, -0.1) is 0 Å². The lowest BCUT2D eigenvalue weighted by atomic mass is 10.2. The van der Waals surface area contributed by atoms with E-state index in [1.54, 1.807) is 43.3 Å². The summed E-state index contributed by atoms with van der Waals surface area (Å²) in [6.07, 6.45) is 1.90. The number of ether oxygens (including phenoxy) is 2. The van der Waals surface area contributed by atoms with E-state index in [-0.39, 0.29) is 0 Å². The van der Waals surface area contributed by atoms with Crippen molar-refractivity contribution < 1.29 is 19.1 Å². The van der Waals surface area contributed by atoms with Crippen molar-refractivity contribution in [2.24, 2.45) is 0 Å². The summed E-state index contributed by atoms with van der Waals surface area (Å²) < 4.78 is 10.9. The number of anilines is 1. The van der Waals surface area contributed by atoms with Gasteiger partial charge in [-0.25, -0.2) is 4.79 Å². The van der Waals surface area contributed by atoms with Gasteiger partial charge < -0.3 is 14.8 Å². The Balaban J connectivity index is 1.49. The van der Waals surface area contributed by atoms with Crippen molar-refractivity contribution in [1.29, 1.82) is 0 Å². The lowest BCUT2D eigenvalue weighted by molar-refractivity contribution is -0.148. The highest BCUT2D eigenvalue weighted by atomic mass is 35.5. The van der Waals surface area contributed by atoms with Gasteiger partial charge in [0.25, 0.3) is 5.91 Å². The van der Waals surface area contributed by atoms with Crippen LogP contribution < -0.4 is 10.1 Å². The molecular weight excluding hydrogens is 461 g/mol. The fourth-order valence-corrected chi connectivity index (χ4v) is 3.23. The lowest BCUT2D eigenvalue weighted by Gasteiger charge is -2.14. The third-order valence-corrected chi connectivity index (χ3v) is 5.61. The van der Waals surface area contributed by atoms with Crippen molar-refractivity contribution in [3.05, 3.63) is 99.5 Å². The SMILES string of the molecule is Cc1c(Cl)cccc1NC(=O)C(C)OC(=O)C=Cc1ccc(OCc2ccccc2Cl)cc1. The highest BCUT2D eigenvalue weighted by Crippen LogP contribution is 2.23. The Bertz CT molecular complexity index is 1160. The first-order chi connectivity index (χ1) is 15.8. The quantitative estimate of drug-likeness (QED) is 0.294. The number of hydrogen-bond donors (Lipinski definition) is 1. The summed E-state index contributed by atoms with van der Waals surface area (Å²) in [7, 11) is 0. The minimum atomic E-state index is -0.971. The molecule has 3 rings (SSSR count). The maximum absolute atomic E-state index is 12.3. The molecule has 3 aromatic rings. The molecule has 1 unspecified atom stereocenters. The van der Waals surface area contributed by atoms with Crippen molar-refractivity contribution in [3.8, 4) is 5.75 Å². The highest BCUT2D eigenvalue weighted by Gasteiger charge is 2.17. The van der Waals surface area contributed by atoms with E-state index in [1.165, 1.54) is 13.0 Å². The zero-order chi connectivity index (χ0) is 23.8. The predicted octanol–water partition coefficient (Wildman–Crippen LogP) is 6.46. The minimum Gasteiger partial charge on any atom is -0.489 e. The molecule has 0 bridgehead atoms. The fraction of sp³-hybridized carbons (Fsp3) is 0.154. The van der Waals surface area contributed by atoms with Gasteiger partial charge in [0.15, 0.2) is 6.10 Å². The molecule has 0 heterocycles. The van der Waals surface area contributed by atoms with Gasteiger partial charge in [-0.05, 0) is 61.4 Å². The highest BCUT2D eigenvalue weighted by molar-refractivity contribution is 6.32. The first kappa shape index (κ1) is 24.4. The molecule has 3 aromatic carbocycles. The topological polar surface area (TPSA) is 64.6 Å². The molecule has 0 aliphatic carbocycles. The molecular formula is C26H23Cl2NO4. The summed E-state index contributed by atoms with van der Waals surface area (Å²) >= 11 is 12.2. The lowest BCUT2D eigenvalue weighted by Crippen LogP contribution is -2.29. The second kappa shape index (κ2) is 11.5.